The minimum Gasteiger partial charge on any atom is -0.507 e. The third-order valence-corrected chi connectivity index (χ3v) is 4.62. The molecule has 0 bridgehead atoms. The van der Waals surface area contributed by atoms with E-state index in [2.05, 4.69) is 28.9 Å². The number of para-hydroxylation sites is 1. The summed E-state index contributed by atoms with van der Waals surface area (Å²) >= 11 is 0. The van der Waals surface area contributed by atoms with Gasteiger partial charge in [-0.05, 0) is 43.5 Å². The van der Waals surface area contributed by atoms with Crippen LogP contribution in [0.3, 0.4) is 0 Å². The Labute approximate surface area is 135 Å². The monoisotopic (exact) mass is 307 g/mol. The first-order valence-corrected chi connectivity index (χ1v) is 8.26. The van der Waals surface area contributed by atoms with Gasteiger partial charge in [-0.2, -0.15) is 0 Å². The van der Waals surface area contributed by atoms with Gasteiger partial charge < -0.3 is 10.4 Å². The van der Waals surface area contributed by atoms with Gasteiger partial charge in [0.15, 0.2) is 0 Å². The van der Waals surface area contributed by atoms with Crippen LogP contribution in [0.5, 0.6) is 5.75 Å². The first-order chi connectivity index (χ1) is 11.2. The lowest BCUT2D eigenvalue weighted by atomic mass is 10.1. The number of benzene rings is 1. The normalized spacial score (nSPS) is 15.3. The highest BCUT2D eigenvalue weighted by molar-refractivity contribution is 5.80. The van der Waals surface area contributed by atoms with Gasteiger partial charge >= 0.3 is 0 Å². The summed E-state index contributed by atoms with van der Waals surface area (Å²) in [6.07, 6.45) is 7.04. The van der Waals surface area contributed by atoms with E-state index in [1.54, 1.807) is 6.07 Å². The number of anilines is 1. The molecule has 1 aromatic carbocycles. The Morgan fingerprint density at radius 2 is 1.91 bits per heavy atom. The molecule has 0 radical (unpaired) electrons. The predicted octanol–water partition coefficient (Wildman–Crippen LogP) is 4.37. The molecular formula is C19H21N3O. The standard InChI is InChI=1S/C19H21N3O/c1-13-10-11-17-21-18(15-8-4-5-9-16(15)23)19(22(17)12-13)20-14-6-2-3-7-14/h4-5,8-12,14,20,23H,2-3,6-7H2,1H3. The number of phenolic OH excluding ortho intramolecular Hbond substituents is 1. The zero-order chi connectivity index (χ0) is 15.8. The van der Waals surface area contributed by atoms with Gasteiger partial charge in [-0.1, -0.05) is 31.0 Å². The maximum absolute atomic E-state index is 10.3. The molecule has 1 aliphatic carbocycles. The van der Waals surface area contributed by atoms with E-state index in [0.29, 0.717) is 6.04 Å². The number of aryl methyl sites for hydroxylation is 1. The molecule has 0 atom stereocenters. The van der Waals surface area contributed by atoms with Gasteiger partial charge in [-0.25, -0.2) is 4.98 Å². The number of hydrogen-bond donors (Lipinski definition) is 2. The lowest BCUT2D eigenvalue weighted by Gasteiger charge is -2.15. The van der Waals surface area contributed by atoms with E-state index in [1.807, 2.05) is 24.3 Å². The number of aromatic nitrogens is 2. The van der Waals surface area contributed by atoms with Crippen molar-refractivity contribution in [2.75, 3.05) is 5.32 Å². The first kappa shape index (κ1) is 14.1. The number of rotatable bonds is 3. The fourth-order valence-corrected chi connectivity index (χ4v) is 3.41. The second kappa shape index (κ2) is 5.61. The Hall–Kier alpha value is -2.49. The van der Waals surface area contributed by atoms with Crippen LogP contribution >= 0.6 is 0 Å². The lowest BCUT2D eigenvalue weighted by Crippen LogP contribution is -2.16. The van der Waals surface area contributed by atoms with Crippen molar-refractivity contribution < 1.29 is 5.11 Å². The molecule has 0 spiro atoms. The maximum Gasteiger partial charge on any atom is 0.139 e. The van der Waals surface area contributed by atoms with Crippen molar-refractivity contribution in [1.29, 1.82) is 0 Å². The van der Waals surface area contributed by atoms with Crippen molar-refractivity contribution in [2.24, 2.45) is 0 Å². The molecule has 1 saturated carbocycles. The van der Waals surface area contributed by atoms with E-state index in [1.165, 1.54) is 31.2 Å². The molecule has 23 heavy (non-hydrogen) atoms. The summed E-state index contributed by atoms with van der Waals surface area (Å²) in [5.74, 6) is 1.25. The highest BCUT2D eigenvalue weighted by atomic mass is 16.3. The van der Waals surface area contributed by atoms with Gasteiger partial charge in [-0.3, -0.25) is 4.40 Å². The summed E-state index contributed by atoms with van der Waals surface area (Å²) < 4.78 is 2.11. The third-order valence-electron chi connectivity index (χ3n) is 4.62. The van der Waals surface area contributed by atoms with Crippen molar-refractivity contribution in [3.05, 3.63) is 48.2 Å². The fourth-order valence-electron chi connectivity index (χ4n) is 3.41. The van der Waals surface area contributed by atoms with E-state index >= 15 is 0 Å². The largest absolute Gasteiger partial charge is 0.507 e. The average molecular weight is 307 g/mol. The molecule has 1 fully saturated rings. The summed E-state index contributed by atoms with van der Waals surface area (Å²) in [5, 5.41) is 13.9. The minimum atomic E-state index is 0.266. The third kappa shape index (κ3) is 2.54. The Kier molecular flexibility index (Phi) is 3.45. The lowest BCUT2D eigenvalue weighted by molar-refractivity contribution is 0.477. The first-order valence-electron chi connectivity index (χ1n) is 8.26. The van der Waals surface area contributed by atoms with Gasteiger partial charge in [0.1, 0.15) is 22.9 Å². The molecule has 118 valence electrons. The number of imidazole rings is 1. The minimum absolute atomic E-state index is 0.266. The summed E-state index contributed by atoms with van der Waals surface area (Å²) in [7, 11) is 0. The molecule has 2 heterocycles. The number of nitrogens with zero attached hydrogens (tertiary/aromatic N) is 2. The molecule has 4 rings (SSSR count). The van der Waals surface area contributed by atoms with Crippen molar-refractivity contribution in [1.82, 2.24) is 9.38 Å². The van der Waals surface area contributed by atoms with E-state index in [0.717, 1.165) is 22.7 Å². The molecule has 4 heteroatoms. The van der Waals surface area contributed by atoms with Crippen LogP contribution in [-0.4, -0.2) is 20.5 Å². The predicted molar refractivity (Wildman–Crippen MR) is 92.9 cm³/mol. The smallest absolute Gasteiger partial charge is 0.139 e. The molecule has 0 aliphatic heterocycles. The summed E-state index contributed by atoms with van der Waals surface area (Å²) in [5.41, 5.74) is 3.68. The Morgan fingerprint density at radius 3 is 2.70 bits per heavy atom. The number of fused-ring (bicyclic) bond motifs is 1. The zero-order valence-corrected chi connectivity index (χ0v) is 13.3. The highest BCUT2D eigenvalue weighted by Crippen LogP contribution is 2.36. The van der Waals surface area contributed by atoms with Crippen molar-refractivity contribution >= 4 is 11.5 Å². The van der Waals surface area contributed by atoms with Crippen LogP contribution in [0.4, 0.5) is 5.82 Å². The topological polar surface area (TPSA) is 49.6 Å². The highest BCUT2D eigenvalue weighted by Gasteiger charge is 2.21. The maximum atomic E-state index is 10.3. The van der Waals surface area contributed by atoms with Crippen molar-refractivity contribution in [3.63, 3.8) is 0 Å². The van der Waals surface area contributed by atoms with Gasteiger partial charge in [0.2, 0.25) is 0 Å². The Bertz CT molecular complexity index is 847. The number of hydrogen-bond acceptors (Lipinski definition) is 3. The summed E-state index contributed by atoms with van der Waals surface area (Å²) in [6.45, 7) is 2.08. The average Bonchev–Trinajstić information content (AvgIpc) is 3.17. The zero-order valence-electron chi connectivity index (χ0n) is 13.3. The van der Waals surface area contributed by atoms with Gasteiger partial charge in [0.25, 0.3) is 0 Å². The Balaban J connectivity index is 1.90. The van der Waals surface area contributed by atoms with Gasteiger partial charge in [0.05, 0.1) is 0 Å². The molecule has 0 unspecified atom stereocenters. The van der Waals surface area contributed by atoms with Gasteiger partial charge in [0, 0.05) is 17.8 Å². The summed E-state index contributed by atoms with van der Waals surface area (Å²) in [6, 6.07) is 12.0. The second-order valence-corrected chi connectivity index (χ2v) is 6.39. The van der Waals surface area contributed by atoms with Crippen LogP contribution in [-0.2, 0) is 0 Å². The van der Waals surface area contributed by atoms with Crippen LogP contribution in [0.1, 0.15) is 31.2 Å². The number of pyridine rings is 1. The number of phenols is 1. The fraction of sp³-hybridized carbons (Fsp3) is 0.316. The summed E-state index contributed by atoms with van der Waals surface area (Å²) in [4.78, 5) is 4.77. The van der Waals surface area contributed by atoms with Crippen molar-refractivity contribution in [3.8, 4) is 17.0 Å². The molecule has 0 saturated heterocycles. The van der Waals surface area contributed by atoms with E-state index in [4.69, 9.17) is 4.98 Å². The molecule has 1 aliphatic rings. The number of nitrogens with one attached hydrogen (secondary N) is 1. The van der Waals surface area contributed by atoms with E-state index < -0.39 is 0 Å². The SMILES string of the molecule is Cc1ccc2nc(-c3ccccc3O)c(NC3CCCC3)n2c1. The van der Waals surface area contributed by atoms with Crippen LogP contribution < -0.4 is 5.32 Å². The van der Waals surface area contributed by atoms with Gasteiger partial charge in [-0.15, -0.1) is 0 Å². The second-order valence-electron chi connectivity index (χ2n) is 6.39. The molecule has 4 nitrogen and oxygen atoms in total. The molecular weight excluding hydrogens is 286 g/mol. The van der Waals surface area contributed by atoms with Crippen LogP contribution in [0.25, 0.3) is 16.9 Å². The van der Waals surface area contributed by atoms with E-state index in [-0.39, 0.29) is 5.75 Å². The van der Waals surface area contributed by atoms with Crippen molar-refractivity contribution in [2.45, 2.75) is 38.6 Å². The van der Waals surface area contributed by atoms with Crippen LogP contribution in [0, 0.1) is 6.92 Å². The Morgan fingerprint density at radius 1 is 1.13 bits per heavy atom. The molecule has 3 aromatic rings. The molecule has 2 aromatic heterocycles. The van der Waals surface area contributed by atoms with E-state index in [9.17, 15) is 5.11 Å². The molecule has 0 amide bonds. The quantitative estimate of drug-likeness (QED) is 0.755. The number of aromatic hydroxyl groups is 1. The molecule has 2 N–H and O–H groups in total. The van der Waals surface area contributed by atoms with Crippen LogP contribution in [0.2, 0.25) is 0 Å². The van der Waals surface area contributed by atoms with Crippen LogP contribution in [0.15, 0.2) is 42.6 Å².